The molecule has 0 aliphatic rings. The van der Waals surface area contributed by atoms with E-state index < -0.39 is 9.84 Å². The second-order valence-corrected chi connectivity index (χ2v) is 7.83. The number of carbonyl (C=O) groups excluding carboxylic acids is 1. The molecule has 130 valence electrons. The molecule has 1 atom stereocenters. The van der Waals surface area contributed by atoms with Crippen LogP contribution < -0.4 is 0 Å². The van der Waals surface area contributed by atoms with Crippen LogP contribution in [0.1, 0.15) is 52.4 Å². The van der Waals surface area contributed by atoms with E-state index in [-0.39, 0.29) is 17.6 Å². The molecular weight excluding hydrogens is 312 g/mol. The minimum atomic E-state index is -3.35. The lowest BCUT2D eigenvalue weighted by molar-refractivity contribution is -0.148. The highest BCUT2D eigenvalue weighted by molar-refractivity contribution is 7.91. The van der Waals surface area contributed by atoms with Gasteiger partial charge in [0.2, 0.25) is 0 Å². The normalized spacial score (nSPS) is 12.8. The van der Waals surface area contributed by atoms with Crippen molar-refractivity contribution in [3.05, 3.63) is 30.3 Å². The molecule has 0 saturated carbocycles. The van der Waals surface area contributed by atoms with Gasteiger partial charge in [0.05, 0.1) is 23.2 Å². The van der Waals surface area contributed by atoms with E-state index in [1.54, 1.807) is 37.3 Å². The summed E-state index contributed by atoms with van der Waals surface area (Å²) in [6.07, 6.45) is 5.29. The maximum absolute atomic E-state index is 12.3. The van der Waals surface area contributed by atoms with E-state index in [2.05, 4.69) is 6.92 Å². The molecule has 0 amide bonds. The van der Waals surface area contributed by atoms with Crippen molar-refractivity contribution in [3.8, 4) is 0 Å². The number of hydrogen-bond donors (Lipinski definition) is 0. The van der Waals surface area contributed by atoms with E-state index >= 15 is 0 Å². The Kier molecular flexibility index (Phi) is 8.92. The van der Waals surface area contributed by atoms with E-state index in [4.69, 9.17) is 4.74 Å². The van der Waals surface area contributed by atoms with E-state index in [9.17, 15) is 13.2 Å². The van der Waals surface area contributed by atoms with E-state index in [0.29, 0.717) is 24.3 Å². The van der Waals surface area contributed by atoms with Gasteiger partial charge in [-0.2, -0.15) is 0 Å². The van der Waals surface area contributed by atoms with Gasteiger partial charge in [-0.05, 0) is 31.9 Å². The topological polar surface area (TPSA) is 60.4 Å². The van der Waals surface area contributed by atoms with Gasteiger partial charge in [-0.3, -0.25) is 4.79 Å². The zero-order chi connectivity index (χ0) is 17.1. The van der Waals surface area contributed by atoms with Crippen LogP contribution in [-0.2, 0) is 19.4 Å². The molecule has 0 aromatic heterocycles. The maximum atomic E-state index is 12.3. The lowest BCUT2D eigenvalue weighted by Gasteiger charge is -2.15. The number of unbranched alkanes of at least 4 members (excludes halogenated alkanes) is 3. The predicted octanol–water partition coefficient (Wildman–Crippen LogP) is 4.00. The molecule has 0 radical (unpaired) electrons. The van der Waals surface area contributed by atoms with E-state index in [0.717, 1.165) is 25.7 Å². The first-order chi connectivity index (χ1) is 11.0. The monoisotopic (exact) mass is 340 g/mol. The highest BCUT2D eigenvalue weighted by Crippen LogP contribution is 2.20. The minimum absolute atomic E-state index is 0.0196. The third-order valence-corrected chi connectivity index (χ3v) is 5.63. The summed E-state index contributed by atoms with van der Waals surface area (Å²) in [5.41, 5.74) is 0. The van der Waals surface area contributed by atoms with Crippen molar-refractivity contribution in [2.24, 2.45) is 5.92 Å². The lowest BCUT2D eigenvalue weighted by Crippen LogP contribution is -2.21. The number of ether oxygens (including phenoxy) is 1. The summed E-state index contributed by atoms with van der Waals surface area (Å²) < 4.78 is 29.8. The highest BCUT2D eigenvalue weighted by atomic mass is 32.2. The Morgan fingerprint density at radius 3 is 2.35 bits per heavy atom. The van der Waals surface area contributed by atoms with Crippen molar-refractivity contribution in [1.82, 2.24) is 0 Å². The van der Waals surface area contributed by atoms with Gasteiger partial charge in [0.15, 0.2) is 9.84 Å². The van der Waals surface area contributed by atoms with Crippen molar-refractivity contribution >= 4 is 15.8 Å². The smallest absolute Gasteiger partial charge is 0.308 e. The summed E-state index contributed by atoms with van der Waals surface area (Å²) >= 11 is 0. The number of rotatable bonds is 11. The first-order valence-corrected chi connectivity index (χ1v) is 10.1. The second kappa shape index (κ2) is 10.4. The number of benzene rings is 1. The molecule has 0 aliphatic heterocycles. The highest BCUT2D eigenvalue weighted by Gasteiger charge is 2.23. The van der Waals surface area contributed by atoms with Gasteiger partial charge < -0.3 is 4.74 Å². The van der Waals surface area contributed by atoms with Crippen LogP contribution in [0.15, 0.2) is 35.2 Å². The fourth-order valence-corrected chi connectivity index (χ4v) is 3.90. The summed E-state index contributed by atoms with van der Waals surface area (Å²) in [4.78, 5) is 12.4. The first kappa shape index (κ1) is 19.7. The largest absolute Gasteiger partial charge is 0.466 e. The Hall–Kier alpha value is -1.36. The third kappa shape index (κ3) is 7.16. The first-order valence-electron chi connectivity index (χ1n) is 8.45. The van der Waals surface area contributed by atoms with Gasteiger partial charge in [-0.25, -0.2) is 8.42 Å². The molecule has 1 rings (SSSR count). The number of esters is 1. The molecule has 0 aliphatic carbocycles. The molecule has 0 spiro atoms. The maximum Gasteiger partial charge on any atom is 0.308 e. The van der Waals surface area contributed by atoms with Gasteiger partial charge in [0.1, 0.15) is 0 Å². The Morgan fingerprint density at radius 2 is 1.74 bits per heavy atom. The number of carbonyl (C=O) groups is 1. The van der Waals surface area contributed by atoms with E-state index in [1.807, 2.05) is 0 Å². The summed E-state index contributed by atoms with van der Waals surface area (Å²) in [7, 11) is -3.35. The Labute approximate surface area is 140 Å². The van der Waals surface area contributed by atoms with Crippen LogP contribution >= 0.6 is 0 Å². The molecule has 5 heteroatoms. The Bertz CT molecular complexity index is 552. The second-order valence-electron chi connectivity index (χ2n) is 5.72. The predicted molar refractivity (Wildman–Crippen MR) is 92.0 cm³/mol. The molecule has 0 bridgehead atoms. The van der Waals surface area contributed by atoms with Crippen LogP contribution in [0.5, 0.6) is 0 Å². The number of sulfone groups is 1. The van der Waals surface area contributed by atoms with Crippen LogP contribution in [0.3, 0.4) is 0 Å². The standard InChI is InChI=1S/C18H28O4S/c1-3-5-6-8-11-16(18(19)22-4-2)14-15-23(20,21)17-12-9-7-10-13-17/h7,9-10,12-13,16H,3-6,8,11,14-15H2,1-2H3. The van der Waals surface area contributed by atoms with Crippen molar-refractivity contribution in [2.75, 3.05) is 12.4 Å². The van der Waals surface area contributed by atoms with Crippen molar-refractivity contribution in [3.63, 3.8) is 0 Å². The van der Waals surface area contributed by atoms with Crippen LogP contribution in [0.2, 0.25) is 0 Å². The van der Waals surface area contributed by atoms with Crippen molar-refractivity contribution in [2.45, 2.75) is 57.3 Å². The average molecular weight is 340 g/mol. The summed E-state index contributed by atoms with van der Waals surface area (Å²) in [5, 5.41) is 0. The molecule has 0 saturated heterocycles. The molecule has 0 N–H and O–H groups in total. The fraction of sp³-hybridized carbons (Fsp3) is 0.611. The molecule has 0 fully saturated rings. The van der Waals surface area contributed by atoms with E-state index in [1.165, 1.54) is 0 Å². The Balaban J connectivity index is 2.63. The molecule has 1 aromatic carbocycles. The summed E-state index contributed by atoms with van der Waals surface area (Å²) in [5.74, 6) is -0.619. The van der Waals surface area contributed by atoms with Gasteiger partial charge in [0.25, 0.3) is 0 Å². The van der Waals surface area contributed by atoms with Crippen molar-refractivity contribution < 1.29 is 17.9 Å². The van der Waals surface area contributed by atoms with Gasteiger partial charge in [-0.15, -0.1) is 0 Å². The zero-order valence-corrected chi connectivity index (χ0v) is 15.0. The molecular formula is C18H28O4S. The average Bonchev–Trinajstić information content (AvgIpc) is 2.55. The summed E-state index contributed by atoms with van der Waals surface area (Å²) in [6.45, 7) is 4.23. The van der Waals surface area contributed by atoms with Crippen LogP contribution in [0.25, 0.3) is 0 Å². The molecule has 23 heavy (non-hydrogen) atoms. The third-order valence-electron chi connectivity index (χ3n) is 3.86. The fourth-order valence-electron chi connectivity index (χ4n) is 2.50. The van der Waals surface area contributed by atoms with Gasteiger partial charge in [-0.1, -0.05) is 50.8 Å². The van der Waals surface area contributed by atoms with Crippen LogP contribution in [0, 0.1) is 5.92 Å². The Morgan fingerprint density at radius 1 is 1.04 bits per heavy atom. The number of hydrogen-bond acceptors (Lipinski definition) is 4. The summed E-state index contributed by atoms with van der Waals surface area (Å²) in [6, 6.07) is 8.39. The minimum Gasteiger partial charge on any atom is -0.466 e. The van der Waals surface area contributed by atoms with Crippen LogP contribution in [0.4, 0.5) is 0 Å². The molecule has 4 nitrogen and oxygen atoms in total. The van der Waals surface area contributed by atoms with Gasteiger partial charge in [0, 0.05) is 0 Å². The SMILES string of the molecule is CCCCCCC(CCS(=O)(=O)c1ccccc1)C(=O)OCC. The zero-order valence-electron chi connectivity index (χ0n) is 14.2. The van der Waals surface area contributed by atoms with Crippen LogP contribution in [-0.4, -0.2) is 26.7 Å². The quantitative estimate of drug-likeness (QED) is 0.451. The van der Waals surface area contributed by atoms with Crippen molar-refractivity contribution in [1.29, 1.82) is 0 Å². The molecule has 0 heterocycles. The lowest BCUT2D eigenvalue weighted by atomic mass is 9.98. The van der Waals surface area contributed by atoms with Gasteiger partial charge >= 0.3 is 5.97 Å². The molecule has 1 aromatic rings. The molecule has 1 unspecified atom stereocenters.